The van der Waals surface area contributed by atoms with Crippen molar-refractivity contribution in [2.45, 2.75) is 6.92 Å². The van der Waals surface area contributed by atoms with Gasteiger partial charge in [0.05, 0.1) is 16.3 Å². The molecule has 8 heteroatoms. The normalized spacial score (nSPS) is 13.1. The molecule has 0 unspecified atom stereocenters. The average molecular weight is 388 g/mol. The number of nitrogens with one attached hydrogen (secondary N) is 1. The van der Waals surface area contributed by atoms with Crippen molar-refractivity contribution in [2.75, 3.05) is 11.4 Å². The van der Waals surface area contributed by atoms with Crippen LogP contribution >= 0.6 is 0 Å². The number of anilines is 1. The molecule has 3 aromatic rings. The molecule has 0 aliphatic carbocycles. The Bertz CT molecular complexity index is 1180. The van der Waals surface area contributed by atoms with Gasteiger partial charge in [-0.2, -0.15) is 5.10 Å². The monoisotopic (exact) mass is 388 g/mol. The lowest BCUT2D eigenvalue weighted by Crippen LogP contribution is -2.37. The van der Waals surface area contributed by atoms with E-state index < -0.39 is 10.8 Å². The van der Waals surface area contributed by atoms with Crippen LogP contribution in [0.5, 0.6) is 0 Å². The molecule has 4 rings (SSSR count). The van der Waals surface area contributed by atoms with Crippen molar-refractivity contribution < 1.29 is 14.5 Å². The summed E-state index contributed by atoms with van der Waals surface area (Å²) < 4.78 is 0. The van der Waals surface area contributed by atoms with Gasteiger partial charge in [-0.25, -0.2) is 5.43 Å². The lowest BCUT2D eigenvalue weighted by molar-refractivity contribution is -0.384. The molecule has 144 valence electrons. The van der Waals surface area contributed by atoms with Crippen LogP contribution in [0.1, 0.15) is 22.8 Å². The summed E-state index contributed by atoms with van der Waals surface area (Å²) in [6, 6.07) is 17.0. The second-order valence-corrected chi connectivity index (χ2v) is 6.61. The van der Waals surface area contributed by atoms with Gasteiger partial charge in [0, 0.05) is 23.1 Å². The highest BCUT2D eigenvalue weighted by atomic mass is 16.6. The van der Waals surface area contributed by atoms with Gasteiger partial charge in [-0.15, -0.1) is 0 Å². The van der Waals surface area contributed by atoms with Crippen LogP contribution in [0.3, 0.4) is 0 Å². The minimum atomic E-state index is -0.482. The fraction of sp³-hybridized carbons (Fsp3) is 0.0952. The molecule has 0 aromatic heterocycles. The molecule has 1 heterocycles. The quantitative estimate of drug-likeness (QED) is 0.411. The van der Waals surface area contributed by atoms with Crippen molar-refractivity contribution in [1.82, 2.24) is 5.43 Å². The highest BCUT2D eigenvalue weighted by molar-refractivity contribution is 6.26. The first-order chi connectivity index (χ1) is 14.0. The smallest absolute Gasteiger partial charge is 0.269 e. The number of non-ortho nitro benzene ring substituents is 1. The lowest BCUT2D eigenvalue weighted by atomic mass is 10.1. The van der Waals surface area contributed by atoms with Gasteiger partial charge in [0.2, 0.25) is 0 Å². The number of amides is 2. The molecule has 0 radical (unpaired) electrons. The Labute approximate surface area is 165 Å². The third-order valence-corrected chi connectivity index (χ3v) is 4.79. The van der Waals surface area contributed by atoms with Crippen molar-refractivity contribution in [3.05, 3.63) is 81.9 Å². The number of hydrogen-bond donors (Lipinski definition) is 1. The summed E-state index contributed by atoms with van der Waals surface area (Å²) in [5, 5.41) is 16.6. The van der Waals surface area contributed by atoms with E-state index in [1.165, 1.54) is 17.0 Å². The van der Waals surface area contributed by atoms with Crippen LogP contribution in [0.25, 0.3) is 10.8 Å². The zero-order valence-corrected chi connectivity index (χ0v) is 15.5. The number of hydrogen-bond acceptors (Lipinski definition) is 5. The first-order valence-electron chi connectivity index (χ1n) is 8.87. The SMILES string of the molecule is C/C(=N\NC(=O)CN1C(=O)c2cccc3cccc1c23)c1ccc([N+](=O)[O-])cc1. The topological polar surface area (TPSA) is 105 Å². The summed E-state index contributed by atoms with van der Waals surface area (Å²) in [6.45, 7) is 1.52. The molecule has 0 saturated carbocycles. The van der Waals surface area contributed by atoms with E-state index >= 15 is 0 Å². The zero-order chi connectivity index (χ0) is 20.5. The number of hydrazone groups is 1. The van der Waals surface area contributed by atoms with Crippen molar-refractivity contribution in [2.24, 2.45) is 5.10 Å². The van der Waals surface area contributed by atoms with Crippen LogP contribution in [0.15, 0.2) is 65.8 Å². The molecule has 8 nitrogen and oxygen atoms in total. The molecule has 0 saturated heterocycles. The third-order valence-electron chi connectivity index (χ3n) is 4.79. The number of carbonyl (C=O) groups is 2. The van der Waals surface area contributed by atoms with Gasteiger partial charge in [-0.3, -0.25) is 24.6 Å². The van der Waals surface area contributed by atoms with Crippen LogP contribution in [-0.2, 0) is 4.79 Å². The maximum absolute atomic E-state index is 12.7. The summed E-state index contributed by atoms with van der Waals surface area (Å²) in [4.78, 5) is 36.8. The molecule has 1 aliphatic heterocycles. The van der Waals surface area contributed by atoms with Crippen LogP contribution in [0, 0.1) is 10.1 Å². The van der Waals surface area contributed by atoms with E-state index in [0.717, 1.165) is 10.8 Å². The van der Waals surface area contributed by atoms with E-state index in [1.54, 1.807) is 25.1 Å². The summed E-state index contributed by atoms with van der Waals surface area (Å²) in [6.07, 6.45) is 0. The minimum absolute atomic E-state index is 0.0214. The Hall–Kier alpha value is -4.07. The van der Waals surface area contributed by atoms with E-state index in [0.29, 0.717) is 22.5 Å². The van der Waals surface area contributed by atoms with Gasteiger partial charge >= 0.3 is 0 Å². The Morgan fingerprint density at radius 3 is 2.48 bits per heavy atom. The Morgan fingerprint density at radius 1 is 1.10 bits per heavy atom. The first-order valence-corrected chi connectivity index (χ1v) is 8.87. The molecule has 2 amide bonds. The molecule has 1 N–H and O–H groups in total. The number of nitro groups is 1. The van der Waals surface area contributed by atoms with Gasteiger partial charge in [0.15, 0.2) is 0 Å². The number of carbonyl (C=O) groups excluding carboxylic acids is 2. The number of nitro benzene ring substituents is 1. The van der Waals surface area contributed by atoms with Gasteiger partial charge in [0.25, 0.3) is 17.5 Å². The number of nitrogens with zero attached hydrogens (tertiary/aromatic N) is 3. The van der Waals surface area contributed by atoms with E-state index in [1.807, 2.05) is 30.3 Å². The second-order valence-electron chi connectivity index (χ2n) is 6.61. The van der Waals surface area contributed by atoms with Crippen LogP contribution in [0.4, 0.5) is 11.4 Å². The van der Waals surface area contributed by atoms with Crippen molar-refractivity contribution >= 4 is 39.7 Å². The summed E-state index contributed by atoms with van der Waals surface area (Å²) in [7, 11) is 0. The van der Waals surface area contributed by atoms with Gasteiger partial charge in [-0.05, 0) is 42.1 Å². The molecule has 0 atom stereocenters. The first kappa shape index (κ1) is 18.3. The molecule has 1 aliphatic rings. The highest BCUT2D eigenvalue weighted by Gasteiger charge is 2.30. The van der Waals surface area contributed by atoms with E-state index in [4.69, 9.17) is 0 Å². The number of benzene rings is 3. The second kappa shape index (κ2) is 7.16. The van der Waals surface area contributed by atoms with Crippen molar-refractivity contribution in [1.29, 1.82) is 0 Å². The Morgan fingerprint density at radius 2 is 1.79 bits per heavy atom. The molecule has 0 bridgehead atoms. The maximum Gasteiger partial charge on any atom is 0.269 e. The summed E-state index contributed by atoms with van der Waals surface area (Å²) >= 11 is 0. The molecular formula is C21H16N4O4. The Balaban J connectivity index is 1.48. The van der Waals surface area contributed by atoms with Gasteiger partial charge in [-0.1, -0.05) is 24.3 Å². The fourth-order valence-corrected chi connectivity index (χ4v) is 3.35. The molecule has 3 aromatic carbocycles. The minimum Gasteiger partial charge on any atom is -0.298 e. The summed E-state index contributed by atoms with van der Waals surface area (Å²) in [5.74, 6) is -0.660. The lowest BCUT2D eigenvalue weighted by Gasteiger charge is -2.16. The van der Waals surface area contributed by atoms with E-state index in [2.05, 4.69) is 10.5 Å². The van der Waals surface area contributed by atoms with E-state index in [9.17, 15) is 19.7 Å². The number of rotatable bonds is 5. The van der Waals surface area contributed by atoms with Crippen LogP contribution in [-0.4, -0.2) is 29.0 Å². The van der Waals surface area contributed by atoms with Gasteiger partial charge < -0.3 is 0 Å². The third kappa shape index (κ3) is 3.31. The predicted octanol–water partition coefficient (Wildman–Crippen LogP) is 3.25. The largest absolute Gasteiger partial charge is 0.298 e. The van der Waals surface area contributed by atoms with Crippen LogP contribution in [0.2, 0.25) is 0 Å². The average Bonchev–Trinajstić information content (AvgIpc) is 3.00. The van der Waals surface area contributed by atoms with Crippen molar-refractivity contribution in [3.8, 4) is 0 Å². The Kier molecular flexibility index (Phi) is 4.52. The van der Waals surface area contributed by atoms with Crippen LogP contribution < -0.4 is 10.3 Å². The fourth-order valence-electron chi connectivity index (χ4n) is 3.35. The predicted molar refractivity (Wildman–Crippen MR) is 109 cm³/mol. The molecular weight excluding hydrogens is 372 g/mol. The van der Waals surface area contributed by atoms with Gasteiger partial charge in [0.1, 0.15) is 6.54 Å². The highest BCUT2D eigenvalue weighted by Crippen LogP contribution is 2.36. The standard InChI is InChI=1S/C21H16N4O4/c1-13(14-8-10-16(11-9-14)25(28)29)22-23-19(26)12-24-18-7-3-5-15-4-2-6-17(20(15)18)21(24)27/h2-11H,12H2,1H3,(H,23,26)/b22-13+. The van der Waals surface area contributed by atoms with E-state index in [-0.39, 0.29) is 18.1 Å². The maximum atomic E-state index is 12.7. The molecule has 0 spiro atoms. The molecule has 0 fully saturated rings. The van der Waals surface area contributed by atoms with Crippen molar-refractivity contribution in [3.63, 3.8) is 0 Å². The molecule has 29 heavy (non-hydrogen) atoms. The zero-order valence-electron chi connectivity index (χ0n) is 15.5. The summed E-state index contributed by atoms with van der Waals surface area (Å²) in [5.41, 5.74) is 4.84.